The zero-order valence-electron chi connectivity index (χ0n) is 13.5. The molecule has 0 aliphatic heterocycles. The van der Waals surface area contributed by atoms with E-state index in [1.807, 2.05) is 26.0 Å². The Bertz CT molecular complexity index is 683. The number of hydrogen-bond acceptors (Lipinski definition) is 3. The minimum atomic E-state index is -0.344. The maximum absolute atomic E-state index is 12.8. The van der Waals surface area contributed by atoms with Gasteiger partial charge in [-0.2, -0.15) is 0 Å². The molecule has 0 fully saturated rings. The summed E-state index contributed by atoms with van der Waals surface area (Å²) in [5.41, 5.74) is 3.18. The molecule has 1 N–H and O–H groups in total. The van der Waals surface area contributed by atoms with Crippen LogP contribution in [0, 0.1) is 19.7 Å². The van der Waals surface area contributed by atoms with Gasteiger partial charge in [-0.05, 0) is 55.3 Å². The highest BCUT2D eigenvalue weighted by atomic mass is 19.1. The second-order valence-corrected chi connectivity index (χ2v) is 5.27. The lowest BCUT2D eigenvalue weighted by Crippen LogP contribution is -2.28. The fraction of sp³-hybridized carbons (Fsp3) is 0.278. The Morgan fingerprint density at radius 3 is 2.43 bits per heavy atom. The molecule has 2 aromatic rings. The van der Waals surface area contributed by atoms with Gasteiger partial charge in [0.05, 0.1) is 7.11 Å². The summed E-state index contributed by atoms with van der Waals surface area (Å²) in [5, 5.41) is 2.78. The van der Waals surface area contributed by atoms with E-state index in [4.69, 9.17) is 9.47 Å². The van der Waals surface area contributed by atoms with Crippen LogP contribution in [-0.4, -0.2) is 19.6 Å². The normalized spacial score (nSPS) is 10.3. The molecule has 0 aliphatic carbocycles. The van der Waals surface area contributed by atoms with Crippen molar-refractivity contribution in [2.45, 2.75) is 20.4 Å². The highest BCUT2D eigenvalue weighted by Crippen LogP contribution is 2.22. The van der Waals surface area contributed by atoms with Gasteiger partial charge in [0, 0.05) is 12.1 Å². The molecule has 5 heteroatoms. The Balaban J connectivity index is 1.89. The summed E-state index contributed by atoms with van der Waals surface area (Å²) >= 11 is 0. The molecule has 0 atom stereocenters. The van der Waals surface area contributed by atoms with Crippen molar-refractivity contribution < 1.29 is 18.7 Å². The average Bonchev–Trinajstić information content (AvgIpc) is 2.55. The van der Waals surface area contributed by atoms with Crippen molar-refractivity contribution in [3.63, 3.8) is 0 Å². The number of aryl methyl sites for hydroxylation is 2. The minimum absolute atomic E-state index is 0.126. The first kappa shape index (κ1) is 16.8. The standard InChI is InChI=1S/C18H20FNO3/c1-12-8-14(17(22-3)9-13(12)2)10-20-18(21)11-23-16-6-4-15(19)5-7-16/h4-9H,10-11H2,1-3H3,(H,20,21). The Morgan fingerprint density at radius 2 is 1.78 bits per heavy atom. The van der Waals surface area contributed by atoms with Gasteiger partial charge < -0.3 is 14.8 Å². The van der Waals surface area contributed by atoms with Crippen molar-refractivity contribution in [3.05, 3.63) is 58.9 Å². The van der Waals surface area contributed by atoms with E-state index in [2.05, 4.69) is 5.32 Å². The average molecular weight is 317 g/mol. The Labute approximate surface area is 135 Å². The van der Waals surface area contributed by atoms with Gasteiger partial charge in [0.1, 0.15) is 17.3 Å². The largest absolute Gasteiger partial charge is 0.496 e. The van der Waals surface area contributed by atoms with E-state index in [1.165, 1.54) is 24.3 Å². The van der Waals surface area contributed by atoms with Crippen molar-refractivity contribution >= 4 is 5.91 Å². The molecule has 0 bridgehead atoms. The van der Waals surface area contributed by atoms with Crippen LogP contribution >= 0.6 is 0 Å². The highest BCUT2D eigenvalue weighted by Gasteiger charge is 2.08. The Morgan fingerprint density at radius 1 is 1.13 bits per heavy atom. The lowest BCUT2D eigenvalue weighted by Gasteiger charge is -2.13. The van der Waals surface area contributed by atoms with Crippen molar-refractivity contribution in [2.75, 3.05) is 13.7 Å². The molecule has 0 spiro atoms. The number of nitrogens with one attached hydrogen (secondary N) is 1. The number of hydrogen-bond donors (Lipinski definition) is 1. The highest BCUT2D eigenvalue weighted by molar-refractivity contribution is 5.77. The molecule has 0 unspecified atom stereocenters. The van der Waals surface area contributed by atoms with Crippen LogP contribution < -0.4 is 14.8 Å². The topological polar surface area (TPSA) is 47.6 Å². The molecular formula is C18H20FNO3. The number of amides is 1. The second-order valence-electron chi connectivity index (χ2n) is 5.27. The fourth-order valence-corrected chi connectivity index (χ4v) is 2.10. The predicted molar refractivity (Wildman–Crippen MR) is 86.2 cm³/mol. The first-order valence-corrected chi connectivity index (χ1v) is 7.29. The molecule has 122 valence electrons. The van der Waals surface area contributed by atoms with E-state index in [9.17, 15) is 9.18 Å². The van der Waals surface area contributed by atoms with Crippen LogP contribution in [0.5, 0.6) is 11.5 Å². The molecule has 0 saturated heterocycles. The summed E-state index contributed by atoms with van der Waals surface area (Å²) in [7, 11) is 1.60. The number of rotatable bonds is 6. The van der Waals surface area contributed by atoms with Gasteiger partial charge in [0.2, 0.25) is 0 Å². The van der Waals surface area contributed by atoms with Crippen LogP contribution in [0.4, 0.5) is 4.39 Å². The summed E-state index contributed by atoms with van der Waals surface area (Å²) in [4.78, 5) is 11.9. The molecule has 2 rings (SSSR count). The van der Waals surface area contributed by atoms with Crippen LogP contribution in [0.2, 0.25) is 0 Å². The summed E-state index contributed by atoms with van der Waals surface area (Å²) < 4.78 is 23.4. The molecule has 0 aliphatic rings. The molecule has 23 heavy (non-hydrogen) atoms. The van der Waals surface area contributed by atoms with Gasteiger partial charge in [-0.3, -0.25) is 4.79 Å². The molecule has 2 aromatic carbocycles. The smallest absolute Gasteiger partial charge is 0.258 e. The summed E-state index contributed by atoms with van der Waals surface area (Å²) in [5.74, 6) is 0.594. The van der Waals surface area contributed by atoms with E-state index < -0.39 is 0 Å². The second kappa shape index (κ2) is 7.63. The third-order valence-corrected chi connectivity index (χ3v) is 3.56. The number of halogens is 1. The van der Waals surface area contributed by atoms with Crippen molar-refractivity contribution in [1.29, 1.82) is 0 Å². The first-order valence-electron chi connectivity index (χ1n) is 7.29. The van der Waals surface area contributed by atoms with Crippen LogP contribution in [0.1, 0.15) is 16.7 Å². The van der Waals surface area contributed by atoms with E-state index >= 15 is 0 Å². The Hall–Kier alpha value is -2.56. The summed E-state index contributed by atoms with van der Waals surface area (Å²) in [6.45, 7) is 4.25. The maximum atomic E-state index is 12.8. The zero-order valence-corrected chi connectivity index (χ0v) is 13.5. The number of methoxy groups -OCH3 is 1. The SMILES string of the molecule is COc1cc(C)c(C)cc1CNC(=O)COc1ccc(F)cc1. The number of benzene rings is 2. The van der Waals surface area contributed by atoms with Crippen molar-refractivity contribution in [1.82, 2.24) is 5.32 Å². The van der Waals surface area contributed by atoms with Gasteiger partial charge in [0.25, 0.3) is 5.91 Å². The van der Waals surface area contributed by atoms with E-state index in [0.717, 1.165) is 22.4 Å². The third-order valence-electron chi connectivity index (χ3n) is 3.56. The monoisotopic (exact) mass is 317 g/mol. The van der Waals surface area contributed by atoms with E-state index in [-0.39, 0.29) is 18.3 Å². The lowest BCUT2D eigenvalue weighted by atomic mass is 10.0. The van der Waals surface area contributed by atoms with Gasteiger partial charge >= 0.3 is 0 Å². The number of carbonyl (C=O) groups excluding carboxylic acids is 1. The maximum Gasteiger partial charge on any atom is 0.258 e. The van der Waals surface area contributed by atoms with Crippen molar-refractivity contribution in [3.8, 4) is 11.5 Å². The summed E-state index contributed by atoms with van der Waals surface area (Å²) in [6, 6.07) is 9.48. The van der Waals surface area contributed by atoms with Gasteiger partial charge in [0.15, 0.2) is 6.61 Å². The van der Waals surface area contributed by atoms with Crippen LogP contribution in [0.15, 0.2) is 36.4 Å². The summed E-state index contributed by atoms with van der Waals surface area (Å²) in [6.07, 6.45) is 0. The third kappa shape index (κ3) is 4.71. The van der Waals surface area contributed by atoms with Crippen LogP contribution in [-0.2, 0) is 11.3 Å². The van der Waals surface area contributed by atoms with Crippen LogP contribution in [0.25, 0.3) is 0 Å². The quantitative estimate of drug-likeness (QED) is 0.890. The van der Waals surface area contributed by atoms with E-state index in [1.54, 1.807) is 7.11 Å². The molecule has 0 aromatic heterocycles. The fourth-order valence-electron chi connectivity index (χ4n) is 2.10. The molecular weight excluding hydrogens is 297 g/mol. The van der Waals surface area contributed by atoms with Gasteiger partial charge in [-0.15, -0.1) is 0 Å². The van der Waals surface area contributed by atoms with Crippen LogP contribution in [0.3, 0.4) is 0 Å². The minimum Gasteiger partial charge on any atom is -0.496 e. The molecule has 0 saturated carbocycles. The predicted octanol–water partition coefficient (Wildman–Crippen LogP) is 3.15. The number of ether oxygens (including phenoxy) is 2. The Kier molecular flexibility index (Phi) is 5.57. The zero-order chi connectivity index (χ0) is 16.8. The van der Waals surface area contributed by atoms with Gasteiger partial charge in [-0.25, -0.2) is 4.39 Å². The van der Waals surface area contributed by atoms with E-state index in [0.29, 0.717) is 12.3 Å². The van der Waals surface area contributed by atoms with Crippen molar-refractivity contribution in [2.24, 2.45) is 0 Å². The molecule has 1 amide bonds. The number of carbonyl (C=O) groups is 1. The lowest BCUT2D eigenvalue weighted by molar-refractivity contribution is -0.123. The molecule has 4 nitrogen and oxygen atoms in total. The first-order chi connectivity index (χ1) is 11.0. The van der Waals surface area contributed by atoms with Gasteiger partial charge in [-0.1, -0.05) is 6.07 Å². The molecule has 0 heterocycles. The molecule has 0 radical (unpaired) electrons.